The van der Waals surface area contributed by atoms with Crippen molar-refractivity contribution in [2.45, 2.75) is 81.9 Å². The van der Waals surface area contributed by atoms with Crippen LogP contribution in [0, 0.1) is 5.92 Å². The Kier molecular flexibility index (Phi) is 5.88. The fourth-order valence-corrected chi connectivity index (χ4v) is 4.60. The summed E-state index contributed by atoms with van der Waals surface area (Å²) in [7, 11) is 0. The summed E-state index contributed by atoms with van der Waals surface area (Å²) in [6.45, 7) is 3.68. The van der Waals surface area contributed by atoms with Crippen LogP contribution in [0.25, 0.3) is 0 Å². The molecule has 1 nitrogen and oxygen atoms in total. The largest absolute Gasteiger partial charge is 0.313 e. The summed E-state index contributed by atoms with van der Waals surface area (Å²) >= 11 is 2.13. The molecular weight excluding hydrogens is 238 g/mol. The van der Waals surface area contributed by atoms with Crippen molar-refractivity contribution < 1.29 is 0 Å². The van der Waals surface area contributed by atoms with Crippen molar-refractivity contribution in [2.75, 3.05) is 12.8 Å². The Labute approximate surface area is 118 Å². The zero-order valence-corrected chi connectivity index (χ0v) is 13.2. The van der Waals surface area contributed by atoms with E-state index in [1.165, 1.54) is 70.8 Å². The lowest BCUT2D eigenvalue weighted by molar-refractivity contribution is 0.349. The molecule has 2 rings (SSSR count). The Bertz CT molecular complexity index is 235. The Morgan fingerprint density at radius 3 is 2.50 bits per heavy atom. The molecular formula is C16H31NS. The fourth-order valence-electron chi connectivity index (χ4n) is 3.67. The van der Waals surface area contributed by atoms with E-state index in [-0.39, 0.29) is 0 Å². The van der Waals surface area contributed by atoms with Gasteiger partial charge in [0.2, 0.25) is 0 Å². The minimum atomic E-state index is 0.566. The number of thioether (sulfide) groups is 1. The highest BCUT2D eigenvalue weighted by molar-refractivity contribution is 8.00. The van der Waals surface area contributed by atoms with Crippen molar-refractivity contribution >= 4 is 11.8 Å². The summed E-state index contributed by atoms with van der Waals surface area (Å²) in [6, 6.07) is 0.806. The van der Waals surface area contributed by atoms with Crippen molar-refractivity contribution in [1.29, 1.82) is 0 Å². The van der Waals surface area contributed by atoms with Gasteiger partial charge in [-0.15, -0.1) is 0 Å². The zero-order chi connectivity index (χ0) is 12.8. The van der Waals surface area contributed by atoms with Crippen LogP contribution in [0.3, 0.4) is 0 Å². The van der Waals surface area contributed by atoms with Crippen LogP contribution in [0.4, 0.5) is 0 Å². The van der Waals surface area contributed by atoms with Gasteiger partial charge in [0.05, 0.1) is 0 Å². The third kappa shape index (κ3) is 4.16. The predicted molar refractivity (Wildman–Crippen MR) is 83.4 cm³/mol. The van der Waals surface area contributed by atoms with E-state index in [1.54, 1.807) is 0 Å². The van der Waals surface area contributed by atoms with E-state index in [1.807, 2.05) is 0 Å². The summed E-state index contributed by atoms with van der Waals surface area (Å²) in [5.41, 5.74) is 0. The fraction of sp³-hybridized carbons (Fsp3) is 1.00. The van der Waals surface area contributed by atoms with Crippen LogP contribution < -0.4 is 5.32 Å². The molecule has 2 saturated carbocycles. The van der Waals surface area contributed by atoms with Gasteiger partial charge in [-0.3, -0.25) is 0 Å². The molecule has 2 heteroatoms. The van der Waals surface area contributed by atoms with E-state index >= 15 is 0 Å². The second-order valence-corrected chi connectivity index (χ2v) is 7.91. The average Bonchev–Trinajstić information content (AvgIpc) is 2.62. The van der Waals surface area contributed by atoms with Crippen LogP contribution in [-0.4, -0.2) is 23.6 Å². The van der Waals surface area contributed by atoms with Gasteiger partial charge >= 0.3 is 0 Å². The first-order valence-corrected chi connectivity index (χ1v) is 9.25. The molecule has 2 aliphatic carbocycles. The minimum Gasteiger partial charge on any atom is -0.313 e. The van der Waals surface area contributed by atoms with Crippen LogP contribution in [0.1, 0.15) is 71.1 Å². The number of hydrogen-bond donors (Lipinski definition) is 1. The molecule has 0 radical (unpaired) electrons. The Hall–Kier alpha value is 0.310. The Morgan fingerprint density at radius 2 is 1.78 bits per heavy atom. The van der Waals surface area contributed by atoms with Gasteiger partial charge in [0, 0.05) is 17.3 Å². The lowest BCUT2D eigenvalue weighted by Gasteiger charge is -2.37. The molecule has 0 amide bonds. The SMILES string of the molecule is CSC1(CNC2CCCC(C)CC2)CCCCC1. The summed E-state index contributed by atoms with van der Waals surface area (Å²) in [6.07, 6.45) is 16.7. The molecule has 2 aliphatic rings. The van der Waals surface area contributed by atoms with Crippen molar-refractivity contribution in [3.63, 3.8) is 0 Å². The van der Waals surface area contributed by atoms with Crippen molar-refractivity contribution in [3.05, 3.63) is 0 Å². The summed E-state index contributed by atoms with van der Waals surface area (Å²) in [5, 5.41) is 3.92. The molecule has 2 fully saturated rings. The smallest absolute Gasteiger partial charge is 0.0281 e. The normalized spacial score (nSPS) is 33.0. The van der Waals surface area contributed by atoms with Crippen molar-refractivity contribution in [2.24, 2.45) is 5.92 Å². The highest BCUT2D eigenvalue weighted by Gasteiger charge is 2.31. The van der Waals surface area contributed by atoms with Crippen LogP contribution in [0.5, 0.6) is 0 Å². The summed E-state index contributed by atoms with van der Waals surface area (Å²) < 4.78 is 0.566. The molecule has 0 heterocycles. The molecule has 0 aromatic heterocycles. The highest BCUT2D eigenvalue weighted by atomic mass is 32.2. The van der Waals surface area contributed by atoms with E-state index < -0.39 is 0 Å². The zero-order valence-electron chi connectivity index (χ0n) is 12.3. The molecule has 2 atom stereocenters. The first-order valence-electron chi connectivity index (χ1n) is 8.03. The van der Waals surface area contributed by atoms with Gasteiger partial charge in [0.1, 0.15) is 0 Å². The van der Waals surface area contributed by atoms with Gasteiger partial charge in [0.25, 0.3) is 0 Å². The van der Waals surface area contributed by atoms with Crippen LogP contribution in [-0.2, 0) is 0 Å². The van der Waals surface area contributed by atoms with Gasteiger partial charge in [-0.1, -0.05) is 39.0 Å². The third-order valence-corrected chi connectivity index (χ3v) is 6.59. The standard InChI is InChI=1S/C16H31NS/c1-14-7-6-8-15(10-9-14)17-13-16(18-2)11-4-3-5-12-16/h14-15,17H,3-13H2,1-2H3. The van der Waals surface area contributed by atoms with E-state index in [0.717, 1.165) is 12.0 Å². The van der Waals surface area contributed by atoms with Crippen LogP contribution >= 0.6 is 11.8 Å². The summed E-state index contributed by atoms with van der Waals surface area (Å²) in [4.78, 5) is 0. The molecule has 106 valence electrons. The monoisotopic (exact) mass is 269 g/mol. The number of nitrogens with one attached hydrogen (secondary N) is 1. The maximum Gasteiger partial charge on any atom is 0.0281 e. The number of hydrogen-bond acceptors (Lipinski definition) is 2. The second-order valence-electron chi connectivity index (χ2n) is 6.64. The van der Waals surface area contributed by atoms with Crippen LogP contribution in [0.15, 0.2) is 0 Å². The topological polar surface area (TPSA) is 12.0 Å². The van der Waals surface area contributed by atoms with Crippen molar-refractivity contribution in [3.8, 4) is 0 Å². The van der Waals surface area contributed by atoms with Crippen LogP contribution in [0.2, 0.25) is 0 Å². The van der Waals surface area contributed by atoms with Gasteiger partial charge in [0.15, 0.2) is 0 Å². The van der Waals surface area contributed by atoms with Gasteiger partial charge in [-0.2, -0.15) is 11.8 Å². The van der Waals surface area contributed by atoms with E-state index in [0.29, 0.717) is 4.75 Å². The minimum absolute atomic E-state index is 0.566. The Balaban J connectivity index is 1.78. The molecule has 0 aromatic rings. The van der Waals surface area contributed by atoms with Gasteiger partial charge in [-0.25, -0.2) is 0 Å². The lowest BCUT2D eigenvalue weighted by atomic mass is 9.88. The maximum atomic E-state index is 3.92. The van der Waals surface area contributed by atoms with Gasteiger partial charge < -0.3 is 5.32 Å². The van der Waals surface area contributed by atoms with E-state index in [2.05, 4.69) is 30.3 Å². The van der Waals surface area contributed by atoms with Crippen molar-refractivity contribution in [1.82, 2.24) is 5.32 Å². The molecule has 0 aliphatic heterocycles. The first kappa shape index (κ1) is 14.7. The Morgan fingerprint density at radius 1 is 1.00 bits per heavy atom. The average molecular weight is 269 g/mol. The summed E-state index contributed by atoms with van der Waals surface area (Å²) in [5.74, 6) is 0.959. The molecule has 18 heavy (non-hydrogen) atoms. The quantitative estimate of drug-likeness (QED) is 0.748. The molecule has 1 N–H and O–H groups in total. The molecule has 2 unspecified atom stereocenters. The predicted octanol–water partition coefficient (Wildman–Crippen LogP) is 4.61. The molecule has 0 bridgehead atoms. The molecule has 0 aromatic carbocycles. The maximum absolute atomic E-state index is 3.92. The van der Waals surface area contributed by atoms with E-state index in [4.69, 9.17) is 0 Å². The third-order valence-electron chi connectivity index (χ3n) is 5.17. The second kappa shape index (κ2) is 7.19. The number of rotatable bonds is 4. The highest BCUT2D eigenvalue weighted by Crippen LogP contribution is 2.38. The molecule has 0 saturated heterocycles. The first-order chi connectivity index (χ1) is 8.74. The van der Waals surface area contributed by atoms with E-state index in [9.17, 15) is 0 Å². The lowest BCUT2D eigenvalue weighted by Crippen LogP contribution is -2.43. The molecule has 0 spiro atoms. The van der Waals surface area contributed by atoms with Gasteiger partial charge in [-0.05, 0) is 44.3 Å².